The molecule has 0 atom stereocenters. The molecule has 3 aromatic rings. The van der Waals surface area contributed by atoms with Crippen LogP contribution in [0.2, 0.25) is 0 Å². The van der Waals surface area contributed by atoms with E-state index < -0.39 is 0 Å². The Kier molecular flexibility index (Phi) is 5.49. The van der Waals surface area contributed by atoms with Gasteiger partial charge >= 0.3 is 0 Å². The molecule has 27 heavy (non-hydrogen) atoms. The Balaban J connectivity index is 1.91. The SMILES string of the molecule is Cc1ccc(C=NC(=O)c2sc(-c3ccc(C#N)cc3)cc2N(C)C)cc1. The van der Waals surface area contributed by atoms with E-state index in [0.717, 1.165) is 21.7 Å². The van der Waals surface area contributed by atoms with Gasteiger partial charge in [0.15, 0.2) is 0 Å². The summed E-state index contributed by atoms with van der Waals surface area (Å²) in [4.78, 5) is 20.3. The second-order valence-electron chi connectivity index (χ2n) is 6.38. The first-order valence-electron chi connectivity index (χ1n) is 8.44. The normalized spacial score (nSPS) is 10.7. The van der Waals surface area contributed by atoms with Crippen LogP contribution < -0.4 is 4.90 Å². The highest BCUT2D eigenvalue weighted by molar-refractivity contribution is 7.18. The van der Waals surface area contributed by atoms with Gasteiger partial charge in [-0.3, -0.25) is 4.79 Å². The minimum Gasteiger partial charge on any atom is -0.376 e. The average Bonchev–Trinajstić information content (AvgIpc) is 3.13. The minimum absolute atomic E-state index is 0.260. The van der Waals surface area contributed by atoms with Crippen LogP contribution in [-0.2, 0) is 0 Å². The number of amides is 1. The van der Waals surface area contributed by atoms with Gasteiger partial charge in [-0.05, 0) is 36.2 Å². The van der Waals surface area contributed by atoms with Gasteiger partial charge in [0.1, 0.15) is 4.88 Å². The number of hydrogen-bond acceptors (Lipinski definition) is 4. The lowest BCUT2D eigenvalue weighted by Gasteiger charge is -2.10. The molecule has 0 unspecified atom stereocenters. The summed E-state index contributed by atoms with van der Waals surface area (Å²) in [5.41, 5.74) is 4.49. The summed E-state index contributed by atoms with van der Waals surface area (Å²) in [5.74, 6) is -0.260. The summed E-state index contributed by atoms with van der Waals surface area (Å²) in [5, 5.41) is 8.95. The van der Waals surface area contributed by atoms with Gasteiger partial charge in [-0.15, -0.1) is 11.3 Å². The molecule has 134 valence electrons. The number of nitriles is 1. The van der Waals surface area contributed by atoms with E-state index in [-0.39, 0.29) is 5.91 Å². The van der Waals surface area contributed by atoms with E-state index in [9.17, 15) is 4.79 Å². The molecule has 2 aromatic carbocycles. The molecule has 0 aliphatic heterocycles. The number of rotatable bonds is 4. The molecule has 0 aliphatic carbocycles. The summed E-state index contributed by atoms with van der Waals surface area (Å²) in [7, 11) is 3.82. The van der Waals surface area contributed by atoms with Gasteiger partial charge < -0.3 is 4.90 Å². The zero-order valence-corrected chi connectivity index (χ0v) is 16.2. The Morgan fingerprint density at radius 2 is 1.78 bits per heavy atom. The summed E-state index contributed by atoms with van der Waals surface area (Å²) in [6.45, 7) is 2.02. The molecule has 4 nitrogen and oxygen atoms in total. The van der Waals surface area contributed by atoms with Gasteiger partial charge in [0.2, 0.25) is 0 Å². The summed E-state index contributed by atoms with van der Waals surface area (Å²) in [6.07, 6.45) is 1.60. The topological polar surface area (TPSA) is 56.5 Å². The second-order valence-corrected chi connectivity index (χ2v) is 7.43. The fourth-order valence-corrected chi connectivity index (χ4v) is 3.69. The average molecular weight is 373 g/mol. The van der Waals surface area contributed by atoms with Crippen LogP contribution in [0, 0.1) is 18.3 Å². The van der Waals surface area contributed by atoms with Crippen LogP contribution in [0.25, 0.3) is 10.4 Å². The van der Waals surface area contributed by atoms with Gasteiger partial charge in [-0.25, -0.2) is 4.99 Å². The van der Waals surface area contributed by atoms with E-state index in [1.165, 1.54) is 16.9 Å². The van der Waals surface area contributed by atoms with Crippen molar-refractivity contribution in [2.75, 3.05) is 19.0 Å². The smallest absolute Gasteiger partial charge is 0.289 e. The molecular weight excluding hydrogens is 354 g/mol. The van der Waals surface area contributed by atoms with Crippen molar-refractivity contribution in [3.05, 3.63) is 76.2 Å². The summed E-state index contributed by atoms with van der Waals surface area (Å²) in [6, 6.07) is 19.3. The van der Waals surface area contributed by atoms with Crippen LogP contribution in [0.15, 0.2) is 59.6 Å². The number of benzene rings is 2. The van der Waals surface area contributed by atoms with Crippen molar-refractivity contribution < 1.29 is 4.79 Å². The van der Waals surface area contributed by atoms with Crippen molar-refractivity contribution in [3.63, 3.8) is 0 Å². The van der Waals surface area contributed by atoms with Gasteiger partial charge in [-0.2, -0.15) is 5.26 Å². The first-order valence-corrected chi connectivity index (χ1v) is 9.26. The lowest BCUT2D eigenvalue weighted by molar-refractivity contribution is 0.101. The first-order chi connectivity index (χ1) is 13.0. The fraction of sp³-hybridized carbons (Fsp3) is 0.136. The number of thiophene rings is 1. The van der Waals surface area contributed by atoms with E-state index >= 15 is 0 Å². The Morgan fingerprint density at radius 3 is 2.37 bits per heavy atom. The molecule has 1 aromatic heterocycles. The van der Waals surface area contributed by atoms with Crippen LogP contribution in [0.3, 0.4) is 0 Å². The quantitative estimate of drug-likeness (QED) is 0.610. The van der Waals surface area contributed by atoms with Crippen LogP contribution in [0.1, 0.15) is 26.4 Å². The van der Waals surface area contributed by atoms with Gasteiger partial charge in [-0.1, -0.05) is 42.0 Å². The fourth-order valence-electron chi connectivity index (χ4n) is 2.56. The molecule has 0 aliphatic rings. The Bertz CT molecular complexity index is 1020. The molecular formula is C22H19N3OS. The maximum atomic E-state index is 12.7. The Hall–Kier alpha value is -3.23. The number of aryl methyl sites for hydroxylation is 1. The second kappa shape index (κ2) is 7.98. The highest BCUT2D eigenvalue weighted by Gasteiger charge is 2.18. The Labute approximate surface area is 163 Å². The molecule has 0 saturated heterocycles. The number of carbonyl (C=O) groups excluding carboxylic acids is 1. The van der Waals surface area contributed by atoms with E-state index in [4.69, 9.17) is 5.26 Å². The van der Waals surface area contributed by atoms with Crippen molar-refractivity contribution in [2.24, 2.45) is 4.99 Å². The third kappa shape index (κ3) is 4.30. The monoisotopic (exact) mass is 373 g/mol. The predicted molar refractivity (Wildman–Crippen MR) is 112 cm³/mol. The highest BCUT2D eigenvalue weighted by Crippen LogP contribution is 2.36. The van der Waals surface area contributed by atoms with Crippen LogP contribution in [-0.4, -0.2) is 26.2 Å². The summed E-state index contributed by atoms with van der Waals surface area (Å²) >= 11 is 1.41. The van der Waals surface area contributed by atoms with Crippen LogP contribution >= 0.6 is 11.3 Å². The van der Waals surface area contributed by atoms with E-state index in [1.54, 1.807) is 18.3 Å². The molecule has 0 saturated carbocycles. The van der Waals surface area contributed by atoms with Crippen molar-refractivity contribution >= 4 is 29.1 Å². The highest BCUT2D eigenvalue weighted by atomic mass is 32.1. The predicted octanol–water partition coefficient (Wildman–Crippen LogP) is 4.92. The van der Waals surface area contributed by atoms with E-state index in [2.05, 4.69) is 11.1 Å². The van der Waals surface area contributed by atoms with Gasteiger partial charge in [0.25, 0.3) is 5.91 Å². The molecule has 5 heteroatoms. The molecule has 0 spiro atoms. The number of aliphatic imine (C=N–C) groups is 1. The molecule has 3 rings (SSSR count). The standard InChI is InChI=1S/C22H19N3OS/c1-15-4-6-17(7-5-15)14-24-22(26)21-19(25(2)3)12-20(27-21)18-10-8-16(13-23)9-11-18/h4-12,14H,1-3H3. The third-order valence-corrected chi connectivity index (χ3v) is 5.26. The van der Waals surface area contributed by atoms with Crippen LogP contribution in [0.5, 0.6) is 0 Å². The zero-order valence-electron chi connectivity index (χ0n) is 15.4. The number of nitrogens with zero attached hydrogens (tertiary/aromatic N) is 3. The minimum atomic E-state index is -0.260. The molecule has 1 heterocycles. The first kappa shape index (κ1) is 18.6. The van der Waals surface area contributed by atoms with Crippen molar-refractivity contribution in [2.45, 2.75) is 6.92 Å². The lowest BCUT2D eigenvalue weighted by Crippen LogP contribution is -2.11. The third-order valence-electron chi connectivity index (χ3n) is 4.10. The largest absolute Gasteiger partial charge is 0.376 e. The van der Waals surface area contributed by atoms with Crippen molar-refractivity contribution in [3.8, 4) is 16.5 Å². The molecule has 0 fully saturated rings. The molecule has 0 radical (unpaired) electrons. The maximum Gasteiger partial charge on any atom is 0.289 e. The molecule has 0 N–H and O–H groups in total. The zero-order chi connectivity index (χ0) is 19.4. The van der Waals surface area contributed by atoms with E-state index in [1.807, 2.05) is 68.4 Å². The number of anilines is 1. The van der Waals surface area contributed by atoms with Crippen molar-refractivity contribution in [1.29, 1.82) is 5.26 Å². The lowest BCUT2D eigenvalue weighted by atomic mass is 10.1. The molecule has 1 amide bonds. The van der Waals surface area contributed by atoms with E-state index in [0.29, 0.717) is 10.4 Å². The van der Waals surface area contributed by atoms with Crippen LogP contribution in [0.4, 0.5) is 5.69 Å². The summed E-state index contributed by atoms with van der Waals surface area (Å²) < 4.78 is 0. The molecule has 0 bridgehead atoms. The maximum absolute atomic E-state index is 12.7. The number of carbonyl (C=O) groups is 1. The Morgan fingerprint density at radius 1 is 1.11 bits per heavy atom. The number of hydrogen-bond donors (Lipinski definition) is 0. The van der Waals surface area contributed by atoms with Crippen molar-refractivity contribution in [1.82, 2.24) is 0 Å². The van der Waals surface area contributed by atoms with Gasteiger partial charge in [0.05, 0.1) is 17.3 Å². The van der Waals surface area contributed by atoms with Gasteiger partial charge in [0, 0.05) is 25.2 Å².